The van der Waals surface area contributed by atoms with E-state index in [1.54, 1.807) is 12.1 Å². The Hall–Kier alpha value is -4.33. The molecule has 1 aromatic heterocycles. The van der Waals surface area contributed by atoms with Crippen LogP contribution in [0.5, 0.6) is 6.01 Å². The molecule has 0 atom stereocenters. The zero-order valence-corrected chi connectivity index (χ0v) is 18.6. The third kappa shape index (κ3) is 3.87. The molecular formula is C25H24N4O4. The van der Waals surface area contributed by atoms with Crippen LogP contribution in [-0.4, -0.2) is 40.3 Å². The molecule has 4 aromatic rings. The maximum absolute atomic E-state index is 12.5. The summed E-state index contributed by atoms with van der Waals surface area (Å²) < 4.78 is 12.6. The van der Waals surface area contributed by atoms with Crippen molar-refractivity contribution in [2.75, 3.05) is 13.7 Å². The standard InChI is InChI=1S/C25H24N4O4/c1-4-33-25-27-21-15(2)9-14-20(24(30)32-3)22(21)29(25)17-12-10-16(11-13-17)18-7-5-6-8-19(18)23(26)28-31/h5-14,31H,4H2,1-3H3,(H2,26,28). The van der Waals surface area contributed by atoms with Crippen molar-refractivity contribution in [2.24, 2.45) is 10.9 Å². The topological polar surface area (TPSA) is 112 Å². The average molecular weight is 444 g/mol. The predicted octanol–water partition coefficient (Wildman–Crippen LogP) is 4.28. The van der Waals surface area contributed by atoms with E-state index >= 15 is 0 Å². The molecule has 0 fully saturated rings. The van der Waals surface area contributed by atoms with Crippen LogP contribution in [0.1, 0.15) is 28.4 Å². The van der Waals surface area contributed by atoms with Crippen LogP contribution in [0.15, 0.2) is 65.8 Å². The zero-order chi connectivity index (χ0) is 23.5. The Balaban J connectivity index is 1.91. The Morgan fingerprint density at radius 2 is 1.82 bits per heavy atom. The number of nitrogens with zero attached hydrogens (tertiary/aromatic N) is 3. The largest absolute Gasteiger partial charge is 0.465 e. The summed E-state index contributed by atoms with van der Waals surface area (Å²) in [5.74, 6) is -0.416. The molecule has 0 saturated heterocycles. The van der Waals surface area contributed by atoms with Gasteiger partial charge in [-0.25, -0.2) is 4.79 Å². The molecule has 8 nitrogen and oxygen atoms in total. The van der Waals surface area contributed by atoms with Gasteiger partial charge in [0, 0.05) is 5.56 Å². The molecule has 4 rings (SSSR count). The maximum Gasteiger partial charge on any atom is 0.340 e. The van der Waals surface area contributed by atoms with Crippen molar-refractivity contribution < 1.29 is 19.5 Å². The van der Waals surface area contributed by atoms with Crippen molar-refractivity contribution in [3.63, 3.8) is 0 Å². The number of hydrogen-bond donors (Lipinski definition) is 2. The number of hydrogen-bond acceptors (Lipinski definition) is 6. The zero-order valence-electron chi connectivity index (χ0n) is 18.6. The highest BCUT2D eigenvalue weighted by Crippen LogP contribution is 2.33. The molecule has 0 aliphatic rings. The second-order valence-electron chi connectivity index (χ2n) is 7.36. The molecule has 0 aliphatic carbocycles. The highest BCUT2D eigenvalue weighted by molar-refractivity contribution is 6.04. The maximum atomic E-state index is 12.5. The number of nitrogens with two attached hydrogens (primary N) is 1. The number of ether oxygens (including phenoxy) is 2. The van der Waals surface area contributed by atoms with Crippen molar-refractivity contribution in [2.45, 2.75) is 13.8 Å². The summed E-state index contributed by atoms with van der Waals surface area (Å²) in [5, 5.41) is 12.3. The van der Waals surface area contributed by atoms with Gasteiger partial charge >= 0.3 is 12.0 Å². The minimum atomic E-state index is -0.450. The van der Waals surface area contributed by atoms with Crippen LogP contribution in [0, 0.1) is 6.92 Å². The quantitative estimate of drug-likeness (QED) is 0.151. The van der Waals surface area contributed by atoms with Gasteiger partial charge in [0.2, 0.25) is 0 Å². The second kappa shape index (κ2) is 9.04. The Kier molecular flexibility index (Phi) is 5.99. The SMILES string of the molecule is CCOc1nc2c(C)ccc(C(=O)OC)c2n1-c1ccc(-c2ccccc2C(N)=NO)cc1. The molecule has 168 valence electrons. The Morgan fingerprint density at radius 3 is 2.48 bits per heavy atom. The molecule has 0 saturated carbocycles. The van der Waals surface area contributed by atoms with Gasteiger partial charge in [-0.3, -0.25) is 4.57 Å². The number of carbonyl (C=O) groups excluding carboxylic acids is 1. The first kappa shape index (κ1) is 21.9. The lowest BCUT2D eigenvalue weighted by atomic mass is 9.99. The number of imidazole rings is 1. The fourth-order valence-corrected chi connectivity index (χ4v) is 3.83. The van der Waals surface area contributed by atoms with Crippen molar-refractivity contribution in [1.82, 2.24) is 9.55 Å². The smallest absolute Gasteiger partial charge is 0.340 e. The number of methoxy groups -OCH3 is 1. The molecule has 0 amide bonds. The van der Waals surface area contributed by atoms with Gasteiger partial charge in [0.15, 0.2) is 5.84 Å². The summed E-state index contributed by atoms with van der Waals surface area (Å²) in [4.78, 5) is 17.2. The summed E-state index contributed by atoms with van der Waals surface area (Å²) in [6, 6.07) is 19.0. The Labute approximate surface area is 190 Å². The summed E-state index contributed by atoms with van der Waals surface area (Å²) in [6.07, 6.45) is 0. The Morgan fingerprint density at radius 1 is 1.09 bits per heavy atom. The summed E-state index contributed by atoms with van der Waals surface area (Å²) in [5.41, 5.74) is 11.6. The molecule has 0 spiro atoms. The van der Waals surface area contributed by atoms with E-state index in [0.717, 1.165) is 22.4 Å². The van der Waals surface area contributed by atoms with Gasteiger partial charge in [0.1, 0.15) is 0 Å². The van der Waals surface area contributed by atoms with Crippen molar-refractivity contribution >= 4 is 22.8 Å². The minimum Gasteiger partial charge on any atom is -0.465 e. The van der Waals surface area contributed by atoms with Crippen LogP contribution in [0.2, 0.25) is 0 Å². The number of aromatic nitrogens is 2. The third-order valence-corrected chi connectivity index (χ3v) is 5.40. The highest BCUT2D eigenvalue weighted by Gasteiger charge is 2.22. The number of aryl methyl sites for hydroxylation is 1. The highest BCUT2D eigenvalue weighted by atomic mass is 16.5. The summed E-state index contributed by atoms with van der Waals surface area (Å²) in [6.45, 7) is 4.23. The Bertz CT molecular complexity index is 1360. The van der Waals surface area contributed by atoms with Crippen molar-refractivity contribution in [3.05, 3.63) is 77.4 Å². The predicted molar refractivity (Wildman–Crippen MR) is 126 cm³/mol. The second-order valence-corrected chi connectivity index (χ2v) is 7.36. The molecule has 0 bridgehead atoms. The van der Waals surface area contributed by atoms with E-state index in [0.29, 0.717) is 34.8 Å². The van der Waals surface area contributed by atoms with E-state index in [2.05, 4.69) is 10.1 Å². The molecule has 1 heterocycles. The van der Waals surface area contributed by atoms with E-state index in [1.807, 2.05) is 66.9 Å². The van der Waals surface area contributed by atoms with Gasteiger partial charge in [-0.1, -0.05) is 47.6 Å². The number of fused-ring (bicyclic) bond motifs is 1. The van der Waals surface area contributed by atoms with E-state index in [1.165, 1.54) is 7.11 Å². The summed E-state index contributed by atoms with van der Waals surface area (Å²) >= 11 is 0. The van der Waals surface area contributed by atoms with Crippen molar-refractivity contribution in [3.8, 4) is 22.8 Å². The van der Waals surface area contributed by atoms with E-state index in [9.17, 15) is 4.79 Å². The monoisotopic (exact) mass is 444 g/mol. The van der Waals surface area contributed by atoms with Gasteiger partial charge in [0.25, 0.3) is 0 Å². The van der Waals surface area contributed by atoms with Gasteiger partial charge in [-0.15, -0.1) is 0 Å². The van der Waals surface area contributed by atoms with Crippen LogP contribution < -0.4 is 10.5 Å². The molecule has 0 radical (unpaired) electrons. The van der Waals surface area contributed by atoms with E-state index in [4.69, 9.17) is 20.4 Å². The van der Waals surface area contributed by atoms with Gasteiger partial charge < -0.3 is 20.4 Å². The number of amidine groups is 1. The fraction of sp³-hybridized carbons (Fsp3) is 0.160. The van der Waals surface area contributed by atoms with E-state index in [-0.39, 0.29) is 5.84 Å². The molecule has 3 N–H and O–H groups in total. The van der Waals surface area contributed by atoms with Gasteiger partial charge in [-0.05, 0) is 48.7 Å². The van der Waals surface area contributed by atoms with Crippen LogP contribution in [0.25, 0.3) is 27.8 Å². The number of benzene rings is 3. The van der Waals surface area contributed by atoms with Gasteiger partial charge in [0.05, 0.1) is 36.0 Å². The van der Waals surface area contributed by atoms with Gasteiger partial charge in [-0.2, -0.15) is 4.98 Å². The first-order valence-corrected chi connectivity index (χ1v) is 10.4. The molecule has 3 aromatic carbocycles. The van der Waals surface area contributed by atoms with Crippen LogP contribution >= 0.6 is 0 Å². The molecule has 0 aliphatic heterocycles. The lowest BCUT2D eigenvalue weighted by Crippen LogP contribution is -2.14. The molecule has 0 unspecified atom stereocenters. The third-order valence-electron chi connectivity index (χ3n) is 5.40. The fourth-order valence-electron chi connectivity index (χ4n) is 3.83. The first-order chi connectivity index (χ1) is 16.0. The van der Waals surface area contributed by atoms with Crippen molar-refractivity contribution in [1.29, 1.82) is 0 Å². The minimum absolute atomic E-state index is 0.0344. The van der Waals surface area contributed by atoms with Crippen LogP contribution in [0.4, 0.5) is 0 Å². The number of oxime groups is 1. The normalized spacial score (nSPS) is 11.5. The number of carbonyl (C=O) groups is 1. The lowest BCUT2D eigenvalue weighted by Gasteiger charge is -2.13. The summed E-state index contributed by atoms with van der Waals surface area (Å²) in [7, 11) is 1.35. The molecular weight excluding hydrogens is 420 g/mol. The van der Waals surface area contributed by atoms with Crippen LogP contribution in [0.3, 0.4) is 0 Å². The van der Waals surface area contributed by atoms with Crippen LogP contribution in [-0.2, 0) is 4.74 Å². The molecule has 33 heavy (non-hydrogen) atoms. The van der Waals surface area contributed by atoms with E-state index < -0.39 is 5.97 Å². The molecule has 8 heteroatoms. The number of esters is 1. The average Bonchev–Trinajstić information content (AvgIpc) is 3.23. The first-order valence-electron chi connectivity index (χ1n) is 10.4. The lowest BCUT2D eigenvalue weighted by molar-refractivity contribution is 0.0602. The number of rotatable bonds is 6.